The van der Waals surface area contributed by atoms with Gasteiger partial charge in [0, 0.05) is 37.7 Å². The topological polar surface area (TPSA) is 45.5 Å². The monoisotopic (exact) mass is 250 g/mol. The summed E-state index contributed by atoms with van der Waals surface area (Å²) >= 11 is 0. The van der Waals surface area contributed by atoms with Crippen molar-refractivity contribution >= 4 is 5.91 Å². The SMILES string of the molecule is CC(NCCC(=O)N1CCCCC1)c1ccoc1. The highest BCUT2D eigenvalue weighted by Crippen LogP contribution is 2.13. The Balaban J connectivity index is 1.67. The van der Waals surface area contributed by atoms with E-state index in [-0.39, 0.29) is 11.9 Å². The number of amides is 1. The van der Waals surface area contributed by atoms with Crippen LogP contribution in [0.1, 0.15) is 44.2 Å². The number of nitrogens with one attached hydrogen (secondary N) is 1. The smallest absolute Gasteiger partial charge is 0.223 e. The maximum Gasteiger partial charge on any atom is 0.223 e. The number of carbonyl (C=O) groups is 1. The van der Waals surface area contributed by atoms with Crippen LogP contribution in [-0.4, -0.2) is 30.4 Å². The second kappa shape index (κ2) is 6.59. The molecule has 100 valence electrons. The second-order valence-electron chi connectivity index (χ2n) is 4.92. The molecule has 1 N–H and O–H groups in total. The van der Waals surface area contributed by atoms with E-state index in [9.17, 15) is 4.79 Å². The van der Waals surface area contributed by atoms with Crippen LogP contribution in [-0.2, 0) is 4.79 Å². The van der Waals surface area contributed by atoms with Gasteiger partial charge in [0.1, 0.15) is 0 Å². The normalized spacial score (nSPS) is 17.7. The number of carbonyl (C=O) groups excluding carboxylic acids is 1. The Morgan fingerprint density at radius 1 is 1.44 bits per heavy atom. The highest BCUT2D eigenvalue weighted by atomic mass is 16.3. The van der Waals surface area contributed by atoms with Crippen molar-refractivity contribution in [1.82, 2.24) is 10.2 Å². The molecule has 1 aromatic heterocycles. The molecule has 2 rings (SSSR count). The van der Waals surface area contributed by atoms with E-state index in [0.717, 1.165) is 38.0 Å². The van der Waals surface area contributed by atoms with Gasteiger partial charge in [-0.15, -0.1) is 0 Å². The van der Waals surface area contributed by atoms with Gasteiger partial charge in [-0.2, -0.15) is 0 Å². The van der Waals surface area contributed by atoms with Crippen LogP contribution in [0.4, 0.5) is 0 Å². The van der Waals surface area contributed by atoms with Crippen LogP contribution in [0.2, 0.25) is 0 Å². The second-order valence-corrected chi connectivity index (χ2v) is 4.92. The first-order chi connectivity index (χ1) is 8.77. The molecular formula is C14H22N2O2. The molecule has 4 heteroatoms. The van der Waals surface area contributed by atoms with Crippen molar-refractivity contribution in [3.8, 4) is 0 Å². The third-order valence-corrected chi connectivity index (χ3v) is 3.54. The average molecular weight is 250 g/mol. The molecule has 2 heterocycles. The van der Waals surface area contributed by atoms with Gasteiger partial charge in [0.05, 0.1) is 12.5 Å². The lowest BCUT2D eigenvalue weighted by Gasteiger charge is -2.27. The molecule has 0 radical (unpaired) electrons. The van der Waals surface area contributed by atoms with E-state index < -0.39 is 0 Å². The van der Waals surface area contributed by atoms with Gasteiger partial charge < -0.3 is 14.6 Å². The lowest BCUT2D eigenvalue weighted by molar-refractivity contribution is -0.132. The fourth-order valence-corrected chi connectivity index (χ4v) is 2.34. The van der Waals surface area contributed by atoms with Crippen molar-refractivity contribution in [2.75, 3.05) is 19.6 Å². The van der Waals surface area contributed by atoms with E-state index in [1.165, 1.54) is 6.42 Å². The van der Waals surface area contributed by atoms with E-state index in [2.05, 4.69) is 12.2 Å². The average Bonchev–Trinajstić information content (AvgIpc) is 2.93. The molecule has 1 saturated heterocycles. The van der Waals surface area contributed by atoms with E-state index in [1.54, 1.807) is 12.5 Å². The van der Waals surface area contributed by atoms with E-state index in [1.807, 2.05) is 11.0 Å². The molecular weight excluding hydrogens is 228 g/mol. The quantitative estimate of drug-likeness (QED) is 0.872. The molecule has 1 amide bonds. The molecule has 0 saturated carbocycles. The summed E-state index contributed by atoms with van der Waals surface area (Å²) in [5, 5.41) is 3.35. The zero-order valence-electron chi connectivity index (χ0n) is 11.0. The molecule has 1 aromatic rings. The summed E-state index contributed by atoms with van der Waals surface area (Å²) in [5.41, 5.74) is 1.13. The summed E-state index contributed by atoms with van der Waals surface area (Å²) in [6, 6.07) is 2.18. The number of likely N-dealkylation sites (tertiary alicyclic amines) is 1. The van der Waals surface area contributed by atoms with Crippen LogP contribution in [0.15, 0.2) is 23.0 Å². The minimum absolute atomic E-state index is 0.234. The first-order valence-corrected chi connectivity index (χ1v) is 6.80. The predicted molar refractivity (Wildman–Crippen MR) is 70.2 cm³/mol. The predicted octanol–water partition coefficient (Wildman–Crippen LogP) is 2.33. The fourth-order valence-electron chi connectivity index (χ4n) is 2.34. The Morgan fingerprint density at radius 2 is 2.22 bits per heavy atom. The van der Waals surface area contributed by atoms with Crippen molar-refractivity contribution in [1.29, 1.82) is 0 Å². The van der Waals surface area contributed by atoms with Crippen LogP contribution in [0.5, 0.6) is 0 Å². The zero-order chi connectivity index (χ0) is 12.8. The Hall–Kier alpha value is -1.29. The number of hydrogen-bond acceptors (Lipinski definition) is 3. The van der Waals surface area contributed by atoms with E-state index in [0.29, 0.717) is 6.42 Å². The molecule has 18 heavy (non-hydrogen) atoms. The van der Waals surface area contributed by atoms with Gasteiger partial charge in [0.15, 0.2) is 0 Å². The number of rotatable bonds is 5. The molecule has 1 aliphatic heterocycles. The van der Waals surface area contributed by atoms with Gasteiger partial charge in [-0.1, -0.05) is 0 Å². The van der Waals surface area contributed by atoms with Gasteiger partial charge in [-0.3, -0.25) is 4.79 Å². The number of furan rings is 1. The summed E-state index contributed by atoms with van der Waals surface area (Å²) in [4.78, 5) is 13.9. The first-order valence-electron chi connectivity index (χ1n) is 6.80. The molecule has 0 bridgehead atoms. The Morgan fingerprint density at radius 3 is 2.89 bits per heavy atom. The molecule has 4 nitrogen and oxygen atoms in total. The highest BCUT2D eigenvalue weighted by molar-refractivity contribution is 5.76. The van der Waals surface area contributed by atoms with Crippen molar-refractivity contribution in [2.24, 2.45) is 0 Å². The van der Waals surface area contributed by atoms with Gasteiger partial charge >= 0.3 is 0 Å². The summed E-state index contributed by atoms with van der Waals surface area (Å²) in [6.07, 6.45) is 7.58. The lowest BCUT2D eigenvalue weighted by atomic mass is 10.1. The Kier molecular flexibility index (Phi) is 4.81. The minimum Gasteiger partial charge on any atom is -0.472 e. The Labute approximate surface area is 108 Å². The van der Waals surface area contributed by atoms with Crippen molar-refractivity contribution in [3.05, 3.63) is 24.2 Å². The molecule has 1 unspecified atom stereocenters. The van der Waals surface area contributed by atoms with Crippen LogP contribution in [0.3, 0.4) is 0 Å². The van der Waals surface area contributed by atoms with Crippen molar-refractivity contribution in [2.45, 2.75) is 38.6 Å². The van der Waals surface area contributed by atoms with Gasteiger partial charge in [0.2, 0.25) is 5.91 Å². The van der Waals surface area contributed by atoms with Gasteiger partial charge in [-0.25, -0.2) is 0 Å². The van der Waals surface area contributed by atoms with E-state index in [4.69, 9.17) is 4.42 Å². The molecule has 1 aliphatic rings. The van der Waals surface area contributed by atoms with Crippen molar-refractivity contribution < 1.29 is 9.21 Å². The van der Waals surface area contributed by atoms with Crippen molar-refractivity contribution in [3.63, 3.8) is 0 Å². The number of piperidine rings is 1. The summed E-state index contributed by atoms with van der Waals surface area (Å²) in [6.45, 7) is 4.68. The molecule has 1 fully saturated rings. The summed E-state index contributed by atoms with van der Waals surface area (Å²) in [7, 11) is 0. The minimum atomic E-state index is 0.234. The molecule has 0 aromatic carbocycles. The standard InChI is InChI=1S/C14H22N2O2/c1-12(13-6-10-18-11-13)15-7-5-14(17)16-8-3-2-4-9-16/h6,10-12,15H,2-5,7-9H2,1H3. The third-order valence-electron chi connectivity index (χ3n) is 3.54. The first kappa shape index (κ1) is 13.1. The van der Waals surface area contributed by atoms with E-state index >= 15 is 0 Å². The molecule has 1 atom stereocenters. The lowest BCUT2D eigenvalue weighted by Crippen LogP contribution is -2.37. The van der Waals surface area contributed by atoms with Gasteiger partial charge in [0.25, 0.3) is 0 Å². The van der Waals surface area contributed by atoms with Crippen LogP contribution < -0.4 is 5.32 Å². The van der Waals surface area contributed by atoms with Gasteiger partial charge in [-0.05, 0) is 32.3 Å². The maximum absolute atomic E-state index is 11.9. The largest absolute Gasteiger partial charge is 0.472 e. The fraction of sp³-hybridized carbons (Fsp3) is 0.643. The maximum atomic E-state index is 11.9. The summed E-state index contributed by atoms with van der Waals surface area (Å²) in [5.74, 6) is 0.279. The third kappa shape index (κ3) is 3.60. The summed E-state index contributed by atoms with van der Waals surface area (Å²) < 4.78 is 5.04. The number of nitrogens with zero attached hydrogens (tertiary/aromatic N) is 1. The zero-order valence-corrected chi connectivity index (χ0v) is 11.0. The van der Waals surface area contributed by atoms with Crippen LogP contribution in [0.25, 0.3) is 0 Å². The highest BCUT2D eigenvalue weighted by Gasteiger charge is 2.16. The Bertz CT molecular complexity index is 356. The molecule has 0 spiro atoms. The van der Waals surface area contributed by atoms with Crippen LogP contribution >= 0.6 is 0 Å². The number of hydrogen-bond donors (Lipinski definition) is 1. The molecule has 0 aliphatic carbocycles. The van der Waals surface area contributed by atoms with Crippen LogP contribution in [0, 0.1) is 0 Å².